The maximum atomic E-state index is 11.5. The van der Waals surface area contributed by atoms with Crippen molar-refractivity contribution < 1.29 is 70.2 Å². The summed E-state index contributed by atoms with van der Waals surface area (Å²) in [5.41, 5.74) is 1.87. The summed E-state index contributed by atoms with van der Waals surface area (Å²) in [5.74, 6) is 0. The molecule has 3 aromatic rings. The van der Waals surface area contributed by atoms with Crippen molar-refractivity contribution in [2.24, 2.45) is 0 Å². The van der Waals surface area contributed by atoms with Gasteiger partial charge in [0.2, 0.25) is 0 Å². The molecule has 74 heavy (non-hydrogen) atoms. The zero-order valence-corrected chi connectivity index (χ0v) is 51.6. The first-order valence-corrected chi connectivity index (χ1v) is 33.0. The van der Waals surface area contributed by atoms with Gasteiger partial charge in [0.05, 0.1) is 15.7 Å². The van der Waals surface area contributed by atoms with Gasteiger partial charge in [0.1, 0.15) is 30.4 Å². The van der Waals surface area contributed by atoms with Crippen molar-refractivity contribution in [3.63, 3.8) is 0 Å². The SMILES string of the molecule is CC(C)O.CCCCCCCCCCCCC(c1ccccc1)S(=O)(=O)[O-].CCCCCCCCCCCCC(c1ccccc1)S(=O)(=O)[O-].CCCCCCCCCCCCC(c1ccccc1)S(=O)(=O)[O-].[Zr+3]. The molecule has 423 valence electrons. The van der Waals surface area contributed by atoms with E-state index in [2.05, 4.69) is 20.8 Å². The van der Waals surface area contributed by atoms with E-state index >= 15 is 0 Å². The summed E-state index contributed by atoms with van der Waals surface area (Å²) >= 11 is 0. The molecule has 1 N–H and O–H groups in total. The Morgan fingerprint density at radius 2 is 0.473 bits per heavy atom. The molecule has 0 aliphatic heterocycles. The third-order valence-corrected chi connectivity index (χ3v) is 16.6. The number of aliphatic hydroxyl groups is 1. The molecule has 0 bridgehead atoms. The van der Waals surface area contributed by atoms with Crippen LogP contribution in [0.25, 0.3) is 0 Å². The maximum Gasteiger partial charge on any atom is 3.00 e. The van der Waals surface area contributed by atoms with E-state index in [1.165, 1.54) is 135 Å². The third-order valence-electron chi connectivity index (χ3n) is 13.0. The molecule has 0 aliphatic carbocycles. The first-order chi connectivity index (χ1) is 34.9. The van der Waals surface area contributed by atoms with Crippen molar-refractivity contribution in [1.29, 1.82) is 0 Å². The van der Waals surface area contributed by atoms with Gasteiger partial charge in [-0.2, -0.15) is 0 Å². The molecule has 1 radical (unpaired) electrons. The fourth-order valence-electron chi connectivity index (χ4n) is 8.89. The number of aliphatic hydroxyl groups excluding tert-OH is 1. The second-order valence-electron chi connectivity index (χ2n) is 20.2. The van der Waals surface area contributed by atoms with Crippen LogP contribution in [0.15, 0.2) is 91.0 Å². The predicted molar refractivity (Wildman–Crippen MR) is 303 cm³/mol. The Morgan fingerprint density at radius 1 is 0.324 bits per heavy atom. The summed E-state index contributed by atoms with van der Waals surface area (Å²) in [6.07, 6.45) is 37.2. The molecule has 0 amide bonds. The van der Waals surface area contributed by atoms with Crippen LogP contribution in [-0.4, -0.2) is 50.1 Å². The number of benzene rings is 3. The van der Waals surface area contributed by atoms with Crippen molar-refractivity contribution in [2.45, 2.75) is 268 Å². The molecule has 0 fully saturated rings. The normalized spacial score (nSPS) is 12.7. The van der Waals surface area contributed by atoms with Crippen LogP contribution in [0.5, 0.6) is 0 Å². The number of hydrogen-bond acceptors (Lipinski definition) is 10. The van der Waals surface area contributed by atoms with Gasteiger partial charge in [0.25, 0.3) is 0 Å². The summed E-state index contributed by atoms with van der Waals surface area (Å²) in [5, 5.41) is 5.38. The van der Waals surface area contributed by atoms with E-state index in [1.807, 2.05) is 18.2 Å². The summed E-state index contributed by atoms with van der Waals surface area (Å²) in [6, 6.07) is 26.6. The van der Waals surface area contributed by atoms with E-state index in [4.69, 9.17) is 5.11 Å². The van der Waals surface area contributed by atoms with Crippen LogP contribution in [-0.2, 0) is 56.6 Å². The number of rotatable bonds is 39. The van der Waals surface area contributed by atoms with Gasteiger partial charge in [0.15, 0.2) is 0 Å². The van der Waals surface area contributed by atoms with Gasteiger partial charge in [-0.15, -0.1) is 0 Å². The van der Waals surface area contributed by atoms with E-state index in [-0.39, 0.29) is 32.3 Å². The number of hydrogen-bond donors (Lipinski definition) is 1. The van der Waals surface area contributed by atoms with E-state index in [0.717, 1.165) is 57.8 Å². The Kier molecular flexibility index (Phi) is 48.6. The first-order valence-electron chi connectivity index (χ1n) is 28.6. The fourth-order valence-corrected chi connectivity index (χ4v) is 11.7. The molecule has 0 saturated heterocycles. The smallest absolute Gasteiger partial charge is 0.747 e. The van der Waals surface area contributed by atoms with Gasteiger partial charge >= 0.3 is 26.2 Å². The zero-order chi connectivity index (χ0) is 54.5. The molecule has 3 rings (SSSR count). The van der Waals surface area contributed by atoms with E-state index in [1.54, 1.807) is 86.6 Å². The maximum absolute atomic E-state index is 11.5. The summed E-state index contributed by atoms with van der Waals surface area (Å²) < 4.78 is 103. The average Bonchev–Trinajstić information content (AvgIpc) is 3.34. The fraction of sp³-hybridized carbons (Fsp3) is 0.700. The van der Waals surface area contributed by atoms with Crippen molar-refractivity contribution in [3.8, 4) is 0 Å². The molecular weight excluding hydrogens is 1070 g/mol. The largest absolute Gasteiger partial charge is 3.00 e. The topological polar surface area (TPSA) is 192 Å². The zero-order valence-electron chi connectivity index (χ0n) is 46.7. The minimum absolute atomic E-state index is 0. The molecule has 14 heteroatoms. The van der Waals surface area contributed by atoms with Gasteiger partial charge in [-0.3, -0.25) is 0 Å². The van der Waals surface area contributed by atoms with Crippen LogP contribution in [0.4, 0.5) is 0 Å². The van der Waals surface area contributed by atoms with Crippen LogP contribution in [0.1, 0.15) is 279 Å². The monoisotopic (exact) mass is 1170 g/mol. The molecule has 0 heterocycles. The molecule has 10 nitrogen and oxygen atoms in total. The summed E-state index contributed by atoms with van der Waals surface area (Å²) in [6.45, 7) is 10.1. The van der Waals surface area contributed by atoms with Gasteiger partial charge < -0.3 is 18.8 Å². The Balaban J connectivity index is 0. The van der Waals surface area contributed by atoms with Crippen LogP contribution in [0.2, 0.25) is 0 Å². The van der Waals surface area contributed by atoms with E-state index < -0.39 is 46.1 Å². The predicted octanol–water partition coefficient (Wildman–Crippen LogP) is 17.1. The van der Waals surface area contributed by atoms with Crippen molar-refractivity contribution in [1.82, 2.24) is 0 Å². The molecule has 3 unspecified atom stereocenters. The van der Waals surface area contributed by atoms with Gasteiger partial charge in [-0.05, 0) is 49.8 Å². The summed E-state index contributed by atoms with van der Waals surface area (Å²) in [7, 11) is -12.8. The third kappa shape index (κ3) is 43.2. The average molecular weight is 1170 g/mol. The Morgan fingerprint density at radius 3 is 0.622 bits per heavy atom. The second kappa shape index (κ2) is 48.4. The van der Waals surface area contributed by atoms with Crippen LogP contribution in [0.3, 0.4) is 0 Å². The molecule has 0 aromatic heterocycles. The van der Waals surface area contributed by atoms with Gasteiger partial charge in [0, 0.05) is 6.10 Å². The molecule has 3 atom stereocenters. The molecule has 3 aromatic carbocycles. The second-order valence-corrected chi connectivity index (χ2v) is 24.8. The van der Waals surface area contributed by atoms with Crippen LogP contribution in [0, 0.1) is 0 Å². The minimum atomic E-state index is -4.28. The molecule has 0 saturated carbocycles. The van der Waals surface area contributed by atoms with Crippen LogP contribution >= 0.6 is 0 Å². The Hall–Kier alpha value is -1.77. The number of unbranched alkanes of at least 4 members (excludes halogenated alkanes) is 27. The van der Waals surface area contributed by atoms with Crippen LogP contribution < -0.4 is 0 Å². The first kappa shape index (κ1) is 74.3. The standard InChI is InChI=1S/3C19H32O3S.C3H8O.Zr/c3*1-2-3-4-5-6-7-8-9-10-14-17-19(23(20,21)22)18-15-12-11-13-16-18;1-3(2)4;/h3*11-13,15-16,19H,2-10,14,17H2,1H3,(H,20,21,22);3-4H,1-2H3;/q;;;;+3/p-3. The Bertz CT molecular complexity index is 1780. The molecule has 0 spiro atoms. The van der Waals surface area contributed by atoms with Crippen molar-refractivity contribution >= 4 is 30.4 Å². The van der Waals surface area contributed by atoms with E-state index in [9.17, 15) is 38.9 Å². The molecule has 0 aliphatic rings. The summed E-state index contributed by atoms with van der Waals surface area (Å²) in [4.78, 5) is 0. The quantitative estimate of drug-likeness (QED) is 0.0424. The Labute approximate surface area is 473 Å². The van der Waals surface area contributed by atoms with Gasteiger partial charge in [-0.1, -0.05) is 304 Å². The van der Waals surface area contributed by atoms with Crippen molar-refractivity contribution in [2.75, 3.05) is 0 Å². The minimum Gasteiger partial charge on any atom is -0.747 e. The molecular formula is C60H101O10S3Zr. The van der Waals surface area contributed by atoms with Crippen molar-refractivity contribution in [3.05, 3.63) is 108 Å². The van der Waals surface area contributed by atoms with E-state index in [0.29, 0.717) is 36.0 Å². The van der Waals surface area contributed by atoms with Gasteiger partial charge in [-0.25, -0.2) is 25.3 Å².